The second kappa shape index (κ2) is 18.9. The van der Waals surface area contributed by atoms with Gasteiger partial charge in [-0.3, -0.25) is 0 Å². The van der Waals surface area contributed by atoms with Gasteiger partial charge in [0.25, 0.3) is 0 Å². The molecule has 0 bridgehead atoms. The van der Waals surface area contributed by atoms with Crippen molar-refractivity contribution in [2.75, 3.05) is 26.2 Å². The van der Waals surface area contributed by atoms with Gasteiger partial charge in [-0.05, 0) is 25.7 Å². The van der Waals surface area contributed by atoms with Crippen molar-refractivity contribution in [3.8, 4) is 0 Å². The molecule has 0 fully saturated rings. The van der Waals surface area contributed by atoms with Gasteiger partial charge in [0.05, 0.1) is 26.2 Å². The molecule has 0 unspecified atom stereocenters. The second-order valence-corrected chi connectivity index (χ2v) is 5.65. The standard InChI is InChI=1S/C16H36N.CN.Ni/c1-5-9-13-17(14-10-6-2,15-11-7-3)16-12-8-4;1-2;/h5-16H2,1-4H3;;/q+1;-1;+2. The van der Waals surface area contributed by atoms with E-state index in [-0.39, 0.29) is 16.5 Å². The number of hydrogen-bond donors (Lipinski definition) is 0. The molecule has 0 aliphatic rings. The molecular formula is C17H36N2Ni+2. The largest absolute Gasteiger partial charge is 2.00 e. The second-order valence-electron chi connectivity index (χ2n) is 5.65. The zero-order chi connectivity index (χ0) is 15.0. The summed E-state index contributed by atoms with van der Waals surface area (Å²) >= 11 is 0. The predicted octanol–water partition coefficient (Wildman–Crippen LogP) is 5.10. The van der Waals surface area contributed by atoms with Crippen LogP contribution in [0.3, 0.4) is 0 Å². The molecule has 0 rings (SSSR count). The molecular weight excluding hydrogens is 291 g/mol. The topological polar surface area (TPSA) is 23.8 Å². The van der Waals surface area contributed by atoms with E-state index in [9.17, 15) is 0 Å². The molecule has 0 aliphatic carbocycles. The maximum absolute atomic E-state index is 6.25. The van der Waals surface area contributed by atoms with Gasteiger partial charge in [0.2, 0.25) is 0 Å². The molecule has 0 spiro atoms. The van der Waals surface area contributed by atoms with Crippen molar-refractivity contribution in [1.82, 2.24) is 0 Å². The van der Waals surface area contributed by atoms with Crippen LogP contribution >= 0.6 is 0 Å². The zero-order valence-corrected chi connectivity index (χ0v) is 15.2. The predicted molar refractivity (Wildman–Crippen MR) is 84.3 cm³/mol. The number of hydrogen-bond acceptors (Lipinski definition) is 1. The minimum Gasteiger partial charge on any atom is -0.512 e. The van der Waals surface area contributed by atoms with Gasteiger partial charge in [0.1, 0.15) is 0 Å². The first-order valence-electron chi connectivity index (χ1n) is 8.32. The average Bonchev–Trinajstić information content (AvgIpc) is 2.48. The maximum atomic E-state index is 6.25. The fraction of sp³-hybridized carbons (Fsp3) is 0.941. The third-order valence-electron chi connectivity index (χ3n) is 3.94. The van der Waals surface area contributed by atoms with Gasteiger partial charge >= 0.3 is 16.5 Å². The van der Waals surface area contributed by atoms with Crippen LogP contribution in [0.1, 0.15) is 79.1 Å². The summed E-state index contributed by atoms with van der Waals surface area (Å²) in [6, 6.07) is 0. The number of quaternary nitrogens is 1. The minimum absolute atomic E-state index is 0. The monoisotopic (exact) mass is 326 g/mol. The molecule has 2 nitrogen and oxygen atoms in total. The Morgan fingerprint density at radius 3 is 0.950 bits per heavy atom. The third-order valence-corrected chi connectivity index (χ3v) is 3.94. The summed E-state index contributed by atoms with van der Waals surface area (Å²) in [5, 5.41) is 6.25. The van der Waals surface area contributed by atoms with Gasteiger partial charge in [-0.15, -0.1) is 0 Å². The van der Waals surface area contributed by atoms with Crippen LogP contribution in [0.5, 0.6) is 0 Å². The van der Waals surface area contributed by atoms with Crippen molar-refractivity contribution < 1.29 is 21.0 Å². The molecule has 0 saturated carbocycles. The Bertz CT molecular complexity index is 155. The van der Waals surface area contributed by atoms with E-state index in [1.54, 1.807) is 0 Å². The SMILES string of the molecule is CCCC[N+](CCCC)(CCCC)CCCC.[C-]#N.[Ni+2]. The molecule has 0 amide bonds. The van der Waals surface area contributed by atoms with Crippen molar-refractivity contribution in [3.63, 3.8) is 0 Å². The van der Waals surface area contributed by atoms with Gasteiger partial charge in [-0.25, -0.2) is 0 Å². The van der Waals surface area contributed by atoms with Crippen LogP contribution in [0, 0.1) is 11.8 Å². The fourth-order valence-electron chi connectivity index (χ4n) is 2.64. The smallest absolute Gasteiger partial charge is 0.512 e. The van der Waals surface area contributed by atoms with Crippen LogP contribution in [0.4, 0.5) is 0 Å². The van der Waals surface area contributed by atoms with Crippen LogP contribution < -0.4 is 0 Å². The molecule has 0 saturated heterocycles. The van der Waals surface area contributed by atoms with Gasteiger partial charge in [0.15, 0.2) is 0 Å². The molecule has 20 heavy (non-hydrogen) atoms. The number of unbranched alkanes of at least 4 members (excludes halogenated alkanes) is 4. The molecule has 0 aromatic carbocycles. The summed E-state index contributed by atoms with van der Waals surface area (Å²) in [7, 11) is 0. The molecule has 0 aromatic heterocycles. The van der Waals surface area contributed by atoms with E-state index in [1.807, 2.05) is 0 Å². The minimum atomic E-state index is 0. The van der Waals surface area contributed by atoms with E-state index >= 15 is 0 Å². The van der Waals surface area contributed by atoms with E-state index in [2.05, 4.69) is 27.7 Å². The van der Waals surface area contributed by atoms with Gasteiger partial charge in [-0.1, -0.05) is 53.4 Å². The van der Waals surface area contributed by atoms with Crippen LogP contribution in [0.15, 0.2) is 0 Å². The van der Waals surface area contributed by atoms with E-state index in [0.29, 0.717) is 0 Å². The molecule has 0 aliphatic heterocycles. The van der Waals surface area contributed by atoms with Crippen LogP contribution in [0.2, 0.25) is 0 Å². The summed E-state index contributed by atoms with van der Waals surface area (Å²) in [6.07, 6.45) is 11.1. The molecule has 0 N–H and O–H groups in total. The maximum Gasteiger partial charge on any atom is 2.00 e. The van der Waals surface area contributed by atoms with Crippen molar-refractivity contribution in [1.29, 1.82) is 5.26 Å². The summed E-state index contributed by atoms with van der Waals surface area (Å²) in [5.74, 6) is 0. The Morgan fingerprint density at radius 1 is 0.600 bits per heavy atom. The van der Waals surface area contributed by atoms with Crippen molar-refractivity contribution in [3.05, 3.63) is 6.57 Å². The zero-order valence-electron chi connectivity index (χ0n) is 14.2. The Morgan fingerprint density at radius 2 is 0.800 bits per heavy atom. The molecule has 0 aromatic rings. The Kier molecular flexibility index (Phi) is 23.6. The Labute approximate surface area is 138 Å². The Balaban J connectivity index is -0.000000916. The van der Waals surface area contributed by atoms with E-state index < -0.39 is 0 Å². The Hall–Kier alpha value is -0.0565. The molecule has 3 heteroatoms. The van der Waals surface area contributed by atoms with Crippen molar-refractivity contribution >= 4 is 0 Å². The molecule has 0 radical (unpaired) electrons. The number of rotatable bonds is 12. The molecule has 0 atom stereocenters. The molecule has 122 valence electrons. The summed E-state index contributed by atoms with van der Waals surface area (Å²) in [4.78, 5) is 0. The summed E-state index contributed by atoms with van der Waals surface area (Å²) in [5.41, 5.74) is 0. The average molecular weight is 327 g/mol. The summed E-state index contributed by atoms with van der Waals surface area (Å²) < 4.78 is 1.42. The summed E-state index contributed by atoms with van der Waals surface area (Å²) in [6.45, 7) is 19.8. The fourth-order valence-corrected chi connectivity index (χ4v) is 2.64. The first kappa shape index (κ1) is 24.9. The van der Waals surface area contributed by atoms with Crippen LogP contribution in [-0.4, -0.2) is 30.7 Å². The van der Waals surface area contributed by atoms with Crippen LogP contribution in [0.25, 0.3) is 0 Å². The number of nitrogens with zero attached hydrogens (tertiary/aromatic N) is 2. The van der Waals surface area contributed by atoms with E-state index in [4.69, 9.17) is 11.8 Å². The first-order valence-corrected chi connectivity index (χ1v) is 8.32. The molecule has 0 heterocycles. The van der Waals surface area contributed by atoms with E-state index in [1.165, 1.54) is 82.0 Å². The van der Waals surface area contributed by atoms with Gasteiger partial charge in [0, 0.05) is 0 Å². The quantitative estimate of drug-likeness (QED) is 0.278. The third kappa shape index (κ3) is 13.0. The normalized spacial score (nSPS) is 10.3. The van der Waals surface area contributed by atoms with Crippen molar-refractivity contribution in [2.24, 2.45) is 0 Å². The van der Waals surface area contributed by atoms with E-state index in [0.717, 1.165) is 0 Å². The first-order chi connectivity index (χ1) is 9.24. The van der Waals surface area contributed by atoms with Gasteiger partial charge in [-0.2, -0.15) is 0 Å². The van der Waals surface area contributed by atoms with Crippen molar-refractivity contribution in [2.45, 2.75) is 79.1 Å². The van der Waals surface area contributed by atoms with Crippen LogP contribution in [-0.2, 0) is 16.5 Å². The van der Waals surface area contributed by atoms with Gasteiger partial charge < -0.3 is 16.3 Å².